The molecule has 1 aliphatic rings. The number of hydrogen-bond acceptors (Lipinski definition) is 5. The summed E-state index contributed by atoms with van der Waals surface area (Å²) >= 11 is 0. The summed E-state index contributed by atoms with van der Waals surface area (Å²) in [5.74, 6) is -2.51. The van der Waals surface area contributed by atoms with Gasteiger partial charge in [-0.05, 0) is 46.4 Å². The van der Waals surface area contributed by atoms with Crippen LogP contribution in [0.25, 0.3) is 11.1 Å². The Morgan fingerprint density at radius 1 is 0.943 bits per heavy atom. The van der Waals surface area contributed by atoms with Crippen LogP contribution >= 0.6 is 0 Å². The number of carboxylic acids is 1. The van der Waals surface area contributed by atoms with Crippen molar-refractivity contribution in [1.82, 2.24) is 5.32 Å². The van der Waals surface area contributed by atoms with E-state index in [1.807, 2.05) is 48.5 Å². The highest BCUT2D eigenvalue weighted by molar-refractivity contribution is 5.99. The average molecular weight is 475 g/mol. The van der Waals surface area contributed by atoms with E-state index >= 15 is 0 Å². The van der Waals surface area contributed by atoms with Crippen LogP contribution in [0.15, 0.2) is 66.7 Å². The van der Waals surface area contributed by atoms with E-state index in [2.05, 4.69) is 10.6 Å². The molecule has 8 nitrogen and oxygen atoms in total. The number of aromatic carboxylic acids is 1. The standard InChI is InChI=1S/C27H26N2O6/c1-15(2)24(25(31)28-22-13-16(26(32)33)11-12-23(22)30)29-27(34)35-14-21-19-9-5-3-7-17(19)18-8-4-6-10-20(18)21/h3-13,15,21,24,30H,14H2,1-2H3,(H,28,31)(H,29,34)(H,32,33)/t24-/m1/s1. The summed E-state index contributed by atoms with van der Waals surface area (Å²) in [4.78, 5) is 36.7. The van der Waals surface area contributed by atoms with Crippen molar-refractivity contribution in [3.05, 3.63) is 83.4 Å². The summed E-state index contributed by atoms with van der Waals surface area (Å²) in [5.41, 5.74) is 4.22. The van der Waals surface area contributed by atoms with Crippen molar-refractivity contribution in [2.45, 2.75) is 25.8 Å². The second-order valence-corrected chi connectivity index (χ2v) is 8.72. The van der Waals surface area contributed by atoms with Crippen molar-refractivity contribution in [2.24, 2.45) is 5.92 Å². The largest absolute Gasteiger partial charge is 0.506 e. The van der Waals surface area contributed by atoms with Crippen molar-refractivity contribution < 1.29 is 29.3 Å². The number of fused-ring (bicyclic) bond motifs is 3. The van der Waals surface area contributed by atoms with Gasteiger partial charge in [0, 0.05) is 5.92 Å². The maximum atomic E-state index is 12.9. The molecule has 0 aliphatic heterocycles. The predicted octanol–water partition coefficient (Wildman–Crippen LogP) is 4.59. The Morgan fingerprint density at radius 2 is 1.54 bits per heavy atom. The summed E-state index contributed by atoms with van der Waals surface area (Å²) in [5, 5.41) is 24.3. The van der Waals surface area contributed by atoms with Gasteiger partial charge in [-0.1, -0.05) is 62.4 Å². The molecule has 0 bridgehead atoms. The molecule has 0 radical (unpaired) electrons. The van der Waals surface area contributed by atoms with Crippen LogP contribution in [0, 0.1) is 5.92 Å². The van der Waals surface area contributed by atoms with Gasteiger partial charge < -0.3 is 25.6 Å². The summed E-state index contributed by atoms with van der Waals surface area (Å²) in [6.45, 7) is 3.61. The Kier molecular flexibility index (Phi) is 6.73. The van der Waals surface area contributed by atoms with Gasteiger partial charge in [0.1, 0.15) is 18.4 Å². The number of carbonyl (C=O) groups excluding carboxylic acids is 2. The highest BCUT2D eigenvalue weighted by atomic mass is 16.5. The molecular formula is C27H26N2O6. The Morgan fingerprint density at radius 3 is 2.11 bits per heavy atom. The van der Waals surface area contributed by atoms with Gasteiger partial charge in [-0.2, -0.15) is 0 Å². The van der Waals surface area contributed by atoms with Gasteiger partial charge in [-0.15, -0.1) is 0 Å². The Balaban J connectivity index is 1.43. The highest BCUT2D eigenvalue weighted by Gasteiger charge is 2.30. The number of rotatable bonds is 7. The minimum Gasteiger partial charge on any atom is -0.506 e. The van der Waals surface area contributed by atoms with Crippen LogP contribution in [0.1, 0.15) is 41.3 Å². The molecule has 1 aliphatic carbocycles. The van der Waals surface area contributed by atoms with Crippen LogP contribution in [-0.4, -0.2) is 40.8 Å². The van der Waals surface area contributed by atoms with Crippen molar-refractivity contribution in [3.8, 4) is 16.9 Å². The first-order valence-electron chi connectivity index (χ1n) is 11.2. The third-order valence-corrected chi connectivity index (χ3v) is 6.07. The van der Waals surface area contributed by atoms with E-state index in [1.165, 1.54) is 12.1 Å². The van der Waals surface area contributed by atoms with Crippen LogP contribution in [0.5, 0.6) is 5.75 Å². The molecule has 4 N–H and O–H groups in total. The van der Waals surface area contributed by atoms with Gasteiger partial charge in [-0.3, -0.25) is 4.79 Å². The zero-order valence-electron chi connectivity index (χ0n) is 19.3. The van der Waals surface area contributed by atoms with E-state index in [0.717, 1.165) is 28.3 Å². The number of amides is 2. The SMILES string of the molecule is CC(C)[C@@H](NC(=O)OCC1c2ccccc2-c2ccccc21)C(=O)Nc1cc(C(=O)O)ccc1O. The number of benzene rings is 3. The number of carbonyl (C=O) groups is 3. The minimum atomic E-state index is -1.20. The molecule has 4 rings (SSSR count). The molecule has 0 heterocycles. The molecular weight excluding hydrogens is 448 g/mol. The van der Waals surface area contributed by atoms with Gasteiger partial charge in [0.25, 0.3) is 0 Å². The third-order valence-electron chi connectivity index (χ3n) is 6.07. The number of alkyl carbamates (subject to hydrolysis) is 1. The topological polar surface area (TPSA) is 125 Å². The third kappa shape index (κ3) is 4.96. The minimum absolute atomic E-state index is 0.0603. The smallest absolute Gasteiger partial charge is 0.407 e. The molecule has 8 heteroatoms. The van der Waals surface area contributed by atoms with Crippen molar-refractivity contribution >= 4 is 23.7 Å². The van der Waals surface area contributed by atoms with E-state index < -0.39 is 24.0 Å². The molecule has 0 fully saturated rings. The first kappa shape index (κ1) is 23.8. The number of phenols is 1. The number of aromatic hydroxyl groups is 1. The van der Waals surface area contributed by atoms with Crippen molar-refractivity contribution in [2.75, 3.05) is 11.9 Å². The molecule has 2 amide bonds. The summed E-state index contributed by atoms with van der Waals surface area (Å²) in [6, 6.07) is 18.6. The number of anilines is 1. The van der Waals surface area contributed by atoms with Crippen LogP contribution in [0.3, 0.4) is 0 Å². The Bertz CT molecular complexity index is 1240. The average Bonchev–Trinajstić information content (AvgIpc) is 3.16. The molecule has 3 aromatic carbocycles. The highest BCUT2D eigenvalue weighted by Crippen LogP contribution is 2.44. The molecule has 1 atom stereocenters. The molecule has 0 saturated carbocycles. The van der Waals surface area contributed by atoms with Gasteiger partial charge in [0.05, 0.1) is 11.3 Å². The fourth-order valence-electron chi connectivity index (χ4n) is 4.28. The first-order chi connectivity index (χ1) is 16.8. The van der Waals surface area contributed by atoms with Crippen molar-refractivity contribution in [1.29, 1.82) is 0 Å². The summed E-state index contributed by atoms with van der Waals surface area (Å²) in [6.07, 6.45) is -0.746. The molecule has 0 unspecified atom stereocenters. The van der Waals surface area contributed by atoms with E-state index in [-0.39, 0.29) is 35.4 Å². The maximum Gasteiger partial charge on any atom is 0.407 e. The van der Waals surface area contributed by atoms with E-state index in [4.69, 9.17) is 9.84 Å². The fraction of sp³-hybridized carbons (Fsp3) is 0.222. The van der Waals surface area contributed by atoms with Crippen LogP contribution in [0.4, 0.5) is 10.5 Å². The zero-order chi connectivity index (χ0) is 25.1. The number of nitrogens with one attached hydrogen (secondary N) is 2. The molecule has 0 aromatic heterocycles. The van der Waals surface area contributed by atoms with Crippen LogP contribution in [0.2, 0.25) is 0 Å². The van der Waals surface area contributed by atoms with Gasteiger partial charge >= 0.3 is 12.1 Å². The lowest BCUT2D eigenvalue weighted by Crippen LogP contribution is -2.47. The molecule has 0 spiro atoms. The van der Waals surface area contributed by atoms with Crippen molar-refractivity contribution in [3.63, 3.8) is 0 Å². The lowest BCUT2D eigenvalue weighted by molar-refractivity contribution is -0.119. The quantitative estimate of drug-likeness (QED) is 0.371. The van der Waals surface area contributed by atoms with E-state index in [1.54, 1.807) is 13.8 Å². The second kappa shape index (κ2) is 9.89. The number of ether oxygens (including phenoxy) is 1. The van der Waals surface area contributed by atoms with Crippen LogP contribution < -0.4 is 10.6 Å². The van der Waals surface area contributed by atoms with Gasteiger partial charge in [0.2, 0.25) is 5.91 Å². The number of carboxylic acid groups (broad SMARTS) is 1. The fourth-order valence-corrected chi connectivity index (χ4v) is 4.28. The molecule has 180 valence electrons. The lowest BCUT2D eigenvalue weighted by atomic mass is 9.98. The van der Waals surface area contributed by atoms with Crippen LogP contribution in [-0.2, 0) is 9.53 Å². The van der Waals surface area contributed by atoms with E-state index in [9.17, 15) is 19.5 Å². The maximum absolute atomic E-state index is 12.9. The molecule has 3 aromatic rings. The monoisotopic (exact) mass is 474 g/mol. The number of hydrogen-bond donors (Lipinski definition) is 4. The Hall–Kier alpha value is -4.33. The van der Waals surface area contributed by atoms with Gasteiger partial charge in [-0.25, -0.2) is 9.59 Å². The second-order valence-electron chi connectivity index (χ2n) is 8.72. The summed E-state index contributed by atoms with van der Waals surface area (Å²) < 4.78 is 5.54. The normalized spacial score (nSPS) is 13.0. The molecule has 0 saturated heterocycles. The summed E-state index contributed by atoms with van der Waals surface area (Å²) in [7, 11) is 0. The lowest BCUT2D eigenvalue weighted by Gasteiger charge is -2.22. The van der Waals surface area contributed by atoms with E-state index in [0.29, 0.717) is 0 Å². The number of phenolic OH excluding ortho intramolecular Hbond substituents is 1. The Labute approximate surface area is 202 Å². The van der Waals surface area contributed by atoms with Gasteiger partial charge in [0.15, 0.2) is 0 Å². The molecule has 35 heavy (non-hydrogen) atoms. The first-order valence-corrected chi connectivity index (χ1v) is 11.2. The predicted molar refractivity (Wildman–Crippen MR) is 131 cm³/mol. The zero-order valence-corrected chi connectivity index (χ0v) is 19.3.